The number of amides is 3. The molecule has 0 aliphatic heterocycles. The Labute approximate surface area is 216 Å². The van der Waals surface area contributed by atoms with E-state index in [-0.39, 0.29) is 45.3 Å². The molecule has 0 saturated heterocycles. The molecule has 14 heteroatoms. The summed E-state index contributed by atoms with van der Waals surface area (Å²) < 4.78 is 91.1. The molecule has 0 saturated carbocycles. The molecule has 2 aromatic rings. The predicted octanol–water partition coefficient (Wildman–Crippen LogP) is 4.61. The van der Waals surface area contributed by atoms with Gasteiger partial charge in [0.05, 0.1) is 24.3 Å². The fourth-order valence-electron chi connectivity index (χ4n) is 3.49. The number of carbonyl (C=O) groups excluding carboxylic acids is 2. The highest BCUT2D eigenvalue weighted by atomic mass is 19.4. The predicted molar refractivity (Wildman–Crippen MR) is 126 cm³/mol. The minimum absolute atomic E-state index is 0.0349. The average Bonchev–Trinajstić information content (AvgIpc) is 3.23. The number of aromatic nitrogens is 1. The molecule has 1 aromatic heterocycles. The van der Waals surface area contributed by atoms with Crippen molar-refractivity contribution in [1.82, 2.24) is 14.4 Å². The number of halogens is 6. The van der Waals surface area contributed by atoms with Gasteiger partial charge < -0.3 is 29.2 Å². The molecule has 0 unspecified atom stereocenters. The van der Waals surface area contributed by atoms with Gasteiger partial charge >= 0.3 is 18.4 Å². The first-order valence-electron chi connectivity index (χ1n) is 11.5. The Bertz CT molecular complexity index is 1040. The number of ether oxygens (including phenoxy) is 2. The number of aryl methyl sites for hydroxylation is 1. The zero-order valence-electron chi connectivity index (χ0n) is 21.2. The Balaban J connectivity index is 2.29. The second-order valence-corrected chi connectivity index (χ2v) is 8.41. The van der Waals surface area contributed by atoms with Crippen LogP contribution in [-0.4, -0.2) is 73.4 Å². The largest absolute Gasteiger partial charge is 0.416 e. The lowest BCUT2D eigenvalue weighted by Crippen LogP contribution is -2.45. The summed E-state index contributed by atoms with van der Waals surface area (Å²) in [7, 11) is 4.67. The van der Waals surface area contributed by atoms with Gasteiger partial charge in [-0.25, -0.2) is 4.79 Å². The lowest BCUT2D eigenvalue weighted by atomic mass is 10.1. The van der Waals surface area contributed by atoms with Gasteiger partial charge in [0.15, 0.2) is 0 Å². The fraction of sp³-hybridized carbons (Fsp3) is 0.500. The highest BCUT2D eigenvalue weighted by Gasteiger charge is 2.37. The van der Waals surface area contributed by atoms with Crippen LogP contribution in [0.25, 0.3) is 0 Å². The van der Waals surface area contributed by atoms with Crippen molar-refractivity contribution in [2.75, 3.05) is 52.4 Å². The fourth-order valence-corrected chi connectivity index (χ4v) is 3.49. The molecule has 1 N–H and O–H groups in total. The van der Waals surface area contributed by atoms with Gasteiger partial charge in [0, 0.05) is 58.5 Å². The molecule has 212 valence electrons. The van der Waals surface area contributed by atoms with E-state index in [1.165, 1.54) is 19.1 Å². The molecule has 38 heavy (non-hydrogen) atoms. The van der Waals surface area contributed by atoms with Crippen LogP contribution in [0.2, 0.25) is 0 Å². The summed E-state index contributed by atoms with van der Waals surface area (Å²) in [5.74, 6) is -0.490. The van der Waals surface area contributed by atoms with Gasteiger partial charge in [-0.2, -0.15) is 26.3 Å². The summed E-state index contributed by atoms with van der Waals surface area (Å²) in [4.78, 5) is 28.6. The van der Waals surface area contributed by atoms with Gasteiger partial charge in [-0.1, -0.05) is 0 Å². The van der Waals surface area contributed by atoms with Crippen LogP contribution < -0.4 is 5.32 Å². The second kappa shape index (κ2) is 13.5. The van der Waals surface area contributed by atoms with Crippen molar-refractivity contribution in [3.05, 3.63) is 53.3 Å². The molecule has 8 nitrogen and oxygen atoms in total. The van der Waals surface area contributed by atoms with Crippen LogP contribution in [0.4, 0.5) is 36.8 Å². The number of benzene rings is 1. The summed E-state index contributed by atoms with van der Waals surface area (Å²) in [6.45, 7) is 0.277. The van der Waals surface area contributed by atoms with E-state index in [1.807, 2.05) is 10.6 Å². The smallest absolute Gasteiger partial charge is 0.385 e. The zero-order chi connectivity index (χ0) is 28.5. The number of rotatable bonds is 12. The standard InChI is InChI=1S/C24H30F6N4O4/c1-32-7-4-6-20(32)15-33(9-11-38-3)21(35)16-34(8-5-10-37-2)22(36)31-19-13-17(23(25,26)27)12-18(14-19)24(28,29)30/h4,6-7,12-14H,5,8-11,15-16H2,1-3H3,(H,31,36). The average molecular weight is 553 g/mol. The van der Waals surface area contributed by atoms with Gasteiger partial charge in [0.25, 0.3) is 0 Å². The molecular weight excluding hydrogens is 522 g/mol. The molecular formula is C24H30F6N4O4. The monoisotopic (exact) mass is 552 g/mol. The maximum atomic E-state index is 13.2. The molecule has 0 atom stereocenters. The molecule has 0 radical (unpaired) electrons. The van der Waals surface area contributed by atoms with Crippen molar-refractivity contribution < 1.29 is 45.4 Å². The number of urea groups is 1. The lowest BCUT2D eigenvalue weighted by Gasteiger charge is -2.28. The van der Waals surface area contributed by atoms with Gasteiger partial charge in [0.1, 0.15) is 6.54 Å². The van der Waals surface area contributed by atoms with Crippen molar-refractivity contribution in [3.63, 3.8) is 0 Å². The highest BCUT2D eigenvalue weighted by molar-refractivity contribution is 5.92. The number of hydrogen-bond acceptors (Lipinski definition) is 4. The van der Waals surface area contributed by atoms with Crippen LogP contribution in [0.5, 0.6) is 0 Å². The number of anilines is 1. The number of nitrogens with one attached hydrogen (secondary N) is 1. The number of carbonyl (C=O) groups is 2. The Hall–Kier alpha value is -3.26. The SMILES string of the molecule is COCCCN(CC(=O)N(CCOC)Cc1cccn1C)C(=O)Nc1cc(C(F)(F)F)cc(C(F)(F)F)c1. The molecule has 1 heterocycles. The maximum Gasteiger partial charge on any atom is 0.416 e. The van der Waals surface area contributed by atoms with Crippen LogP contribution in [0.3, 0.4) is 0 Å². The van der Waals surface area contributed by atoms with Crippen LogP contribution >= 0.6 is 0 Å². The van der Waals surface area contributed by atoms with E-state index >= 15 is 0 Å². The third-order valence-corrected chi connectivity index (χ3v) is 5.55. The number of nitrogens with zero attached hydrogens (tertiary/aromatic N) is 3. The van der Waals surface area contributed by atoms with Crippen molar-refractivity contribution in [1.29, 1.82) is 0 Å². The molecule has 0 aliphatic carbocycles. The van der Waals surface area contributed by atoms with E-state index in [2.05, 4.69) is 5.32 Å². The van der Waals surface area contributed by atoms with Crippen molar-refractivity contribution in [3.8, 4) is 0 Å². The topological polar surface area (TPSA) is 76.0 Å². The summed E-state index contributed by atoms with van der Waals surface area (Å²) >= 11 is 0. The summed E-state index contributed by atoms with van der Waals surface area (Å²) in [5.41, 5.74) is -3.05. The highest BCUT2D eigenvalue weighted by Crippen LogP contribution is 2.37. The minimum Gasteiger partial charge on any atom is -0.385 e. The van der Waals surface area contributed by atoms with E-state index in [9.17, 15) is 35.9 Å². The summed E-state index contributed by atoms with van der Waals surface area (Å²) in [6, 6.07) is 3.34. The van der Waals surface area contributed by atoms with Gasteiger partial charge in [-0.05, 0) is 36.8 Å². The number of methoxy groups -OCH3 is 2. The Kier molecular flexibility index (Phi) is 11.0. The van der Waals surface area contributed by atoms with E-state index < -0.39 is 47.6 Å². The second-order valence-electron chi connectivity index (χ2n) is 8.41. The van der Waals surface area contributed by atoms with Crippen LogP contribution in [0.15, 0.2) is 36.5 Å². The van der Waals surface area contributed by atoms with Crippen molar-refractivity contribution in [2.24, 2.45) is 7.05 Å². The van der Waals surface area contributed by atoms with Gasteiger partial charge in [0.2, 0.25) is 5.91 Å². The Morgan fingerprint density at radius 1 is 0.921 bits per heavy atom. The molecule has 0 fully saturated rings. The third kappa shape index (κ3) is 9.24. The Morgan fingerprint density at radius 2 is 1.53 bits per heavy atom. The van der Waals surface area contributed by atoms with E-state index in [4.69, 9.17) is 9.47 Å². The van der Waals surface area contributed by atoms with Gasteiger partial charge in [-0.3, -0.25) is 4.79 Å². The summed E-state index contributed by atoms with van der Waals surface area (Å²) in [6.07, 6.45) is -8.09. The molecule has 1 aromatic carbocycles. The van der Waals surface area contributed by atoms with E-state index in [1.54, 1.807) is 19.3 Å². The molecule has 0 aliphatic rings. The summed E-state index contributed by atoms with van der Waals surface area (Å²) in [5, 5.41) is 2.08. The zero-order valence-corrected chi connectivity index (χ0v) is 21.2. The van der Waals surface area contributed by atoms with Crippen molar-refractivity contribution >= 4 is 17.6 Å². The van der Waals surface area contributed by atoms with Gasteiger partial charge in [-0.15, -0.1) is 0 Å². The number of alkyl halides is 6. The van der Waals surface area contributed by atoms with E-state index in [0.717, 1.165) is 10.6 Å². The number of hydrogen-bond donors (Lipinski definition) is 1. The normalized spacial score (nSPS) is 11.9. The van der Waals surface area contributed by atoms with Crippen molar-refractivity contribution in [2.45, 2.75) is 25.3 Å². The molecule has 0 spiro atoms. The van der Waals surface area contributed by atoms with E-state index in [0.29, 0.717) is 12.1 Å². The quantitative estimate of drug-likeness (QED) is 0.308. The Morgan fingerprint density at radius 3 is 2.03 bits per heavy atom. The van der Waals surface area contributed by atoms with Crippen LogP contribution in [0.1, 0.15) is 23.2 Å². The maximum absolute atomic E-state index is 13.2. The van der Waals surface area contributed by atoms with Crippen LogP contribution in [-0.2, 0) is 40.2 Å². The lowest BCUT2D eigenvalue weighted by molar-refractivity contribution is -0.143. The third-order valence-electron chi connectivity index (χ3n) is 5.55. The first-order valence-corrected chi connectivity index (χ1v) is 11.5. The first kappa shape index (κ1) is 31.0. The molecule has 0 bridgehead atoms. The first-order chi connectivity index (χ1) is 17.8. The molecule has 2 rings (SSSR count). The molecule has 3 amide bonds. The van der Waals surface area contributed by atoms with Crippen LogP contribution in [0, 0.1) is 0 Å². The minimum atomic E-state index is -5.08.